The number of hydrogen-bond acceptors (Lipinski definition) is 6. The summed E-state index contributed by atoms with van der Waals surface area (Å²) >= 11 is 0. The molecule has 6 aromatic rings. The Bertz CT molecular complexity index is 1760. The molecule has 0 saturated carbocycles. The number of rotatable bonds is 5. The van der Waals surface area contributed by atoms with E-state index >= 15 is 0 Å². The molecule has 0 aliphatic rings. The van der Waals surface area contributed by atoms with Gasteiger partial charge >= 0.3 is 0 Å². The van der Waals surface area contributed by atoms with Crippen LogP contribution in [0.3, 0.4) is 0 Å². The number of nitrogens with zero attached hydrogens (tertiary/aromatic N) is 6. The largest absolute Gasteiger partial charge is 0.278 e. The first-order chi connectivity index (χ1) is 16.5. The maximum atomic E-state index is 11.7. The normalized spacial score (nSPS) is 12.0. The van der Waals surface area contributed by atoms with Crippen molar-refractivity contribution in [2.75, 3.05) is 6.26 Å². The maximum Gasteiger partial charge on any atom is 0.175 e. The number of H-pyrrole nitrogens is 1. The first-order valence-electron chi connectivity index (χ1n) is 10.6. The highest BCUT2D eigenvalue weighted by atomic mass is 32.2. The minimum absolute atomic E-state index is 0.302. The van der Waals surface area contributed by atoms with E-state index in [0.29, 0.717) is 11.4 Å². The van der Waals surface area contributed by atoms with E-state index < -0.39 is 9.84 Å². The van der Waals surface area contributed by atoms with Crippen molar-refractivity contribution in [3.8, 4) is 16.9 Å². The summed E-state index contributed by atoms with van der Waals surface area (Å²) in [6, 6.07) is 20.8. The Kier molecular flexibility index (Phi) is 4.56. The molecular weight excluding hydrogens is 450 g/mol. The molecule has 3 aromatic carbocycles. The Labute approximate surface area is 194 Å². The summed E-state index contributed by atoms with van der Waals surface area (Å²) in [5.41, 5.74) is 6.35. The molecule has 3 aromatic heterocycles. The van der Waals surface area contributed by atoms with Crippen molar-refractivity contribution < 1.29 is 8.42 Å². The Morgan fingerprint density at radius 1 is 0.971 bits per heavy atom. The van der Waals surface area contributed by atoms with Crippen LogP contribution in [0.25, 0.3) is 38.9 Å². The van der Waals surface area contributed by atoms with Crippen LogP contribution in [0.15, 0.2) is 84.0 Å². The van der Waals surface area contributed by atoms with Crippen LogP contribution in [0, 0.1) is 0 Å². The van der Waals surface area contributed by atoms with Crippen LogP contribution >= 0.6 is 0 Å². The van der Waals surface area contributed by atoms with Gasteiger partial charge in [-0.25, -0.2) is 13.1 Å². The van der Waals surface area contributed by atoms with Crippen LogP contribution in [-0.4, -0.2) is 49.6 Å². The standard InChI is InChI=1S/C24H19N7O2S/c1-34(32,33)20-7-2-16(3-8-20)15-30-23(10-11-26-30)17-5-9-21-24(12-17)31(29-28-21)19-6-4-18-14-25-27-22(18)13-19/h2-14H,15H2,1H3,(H,25,27). The first kappa shape index (κ1) is 20.3. The second-order valence-corrected chi connectivity index (χ2v) is 10.2. The smallest absolute Gasteiger partial charge is 0.175 e. The van der Waals surface area contributed by atoms with Crippen molar-refractivity contribution in [3.63, 3.8) is 0 Å². The predicted molar refractivity (Wildman–Crippen MR) is 128 cm³/mol. The van der Waals surface area contributed by atoms with Crippen molar-refractivity contribution in [2.24, 2.45) is 0 Å². The minimum atomic E-state index is -3.23. The lowest BCUT2D eigenvalue weighted by Crippen LogP contribution is -2.04. The van der Waals surface area contributed by atoms with Gasteiger partial charge in [0.2, 0.25) is 0 Å². The maximum absolute atomic E-state index is 11.7. The monoisotopic (exact) mass is 469 g/mol. The second-order valence-electron chi connectivity index (χ2n) is 8.14. The predicted octanol–water partition coefficient (Wildman–Crippen LogP) is 3.61. The van der Waals surface area contributed by atoms with Crippen molar-refractivity contribution in [1.82, 2.24) is 35.0 Å². The Hall–Kier alpha value is -4.31. The molecule has 0 aliphatic heterocycles. The topological polar surface area (TPSA) is 111 Å². The summed E-state index contributed by atoms with van der Waals surface area (Å²) in [5.74, 6) is 0. The van der Waals surface area contributed by atoms with Crippen LogP contribution in [-0.2, 0) is 16.4 Å². The average Bonchev–Trinajstić information content (AvgIpc) is 3.57. The quantitative estimate of drug-likeness (QED) is 0.413. The summed E-state index contributed by atoms with van der Waals surface area (Å²) in [6.45, 7) is 0.512. The van der Waals surface area contributed by atoms with Crippen LogP contribution in [0.2, 0.25) is 0 Å². The molecule has 6 rings (SSSR count). The van der Waals surface area contributed by atoms with Gasteiger partial charge < -0.3 is 0 Å². The summed E-state index contributed by atoms with van der Waals surface area (Å²) in [6.07, 6.45) is 4.75. The van der Waals surface area contributed by atoms with Crippen LogP contribution < -0.4 is 0 Å². The van der Waals surface area contributed by atoms with Crippen LogP contribution in [0.4, 0.5) is 0 Å². The van der Waals surface area contributed by atoms with Gasteiger partial charge in [0.1, 0.15) is 5.52 Å². The number of aromatic amines is 1. The molecule has 0 spiro atoms. The minimum Gasteiger partial charge on any atom is -0.278 e. The van der Waals surface area contributed by atoms with Gasteiger partial charge in [-0.1, -0.05) is 23.4 Å². The van der Waals surface area contributed by atoms with E-state index in [4.69, 9.17) is 0 Å². The molecule has 0 radical (unpaired) electrons. The van der Waals surface area contributed by atoms with Crippen molar-refractivity contribution in [1.29, 1.82) is 0 Å². The number of nitrogens with one attached hydrogen (secondary N) is 1. The Balaban J connectivity index is 1.36. The van der Waals surface area contributed by atoms with E-state index in [1.807, 2.05) is 64.0 Å². The summed E-state index contributed by atoms with van der Waals surface area (Å²) in [5, 5.41) is 21.3. The fraction of sp³-hybridized carbons (Fsp3) is 0.0833. The van der Waals surface area contributed by atoms with Crippen molar-refractivity contribution >= 4 is 31.8 Å². The van der Waals surface area contributed by atoms with Crippen LogP contribution in [0.5, 0.6) is 0 Å². The van der Waals surface area contributed by atoms with E-state index in [1.54, 1.807) is 24.5 Å². The average molecular weight is 470 g/mol. The molecule has 10 heteroatoms. The number of fused-ring (bicyclic) bond motifs is 2. The molecule has 0 unspecified atom stereocenters. The second kappa shape index (κ2) is 7.63. The van der Waals surface area contributed by atoms with E-state index in [-0.39, 0.29) is 0 Å². The summed E-state index contributed by atoms with van der Waals surface area (Å²) in [4.78, 5) is 0.302. The molecule has 0 fully saturated rings. The number of aromatic nitrogens is 7. The lowest BCUT2D eigenvalue weighted by atomic mass is 10.1. The lowest BCUT2D eigenvalue weighted by molar-refractivity contribution is 0.602. The third-order valence-electron chi connectivity index (χ3n) is 5.81. The third-order valence-corrected chi connectivity index (χ3v) is 6.94. The molecule has 0 amide bonds. The summed E-state index contributed by atoms with van der Waals surface area (Å²) < 4.78 is 27.2. The SMILES string of the molecule is CS(=O)(=O)c1ccc(Cn2nccc2-c2ccc3nnn(-c4ccc5cn[nH]c5c4)c3c2)cc1. The molecule has 0 bridgehead atoms. The van der Waals surface area contributed by atoms with E-state index in [9.17, 15) is 8.42 Å². The first-order valence-corrected chi connectivity index (χ1v) is 12.4. The van der Waals surface area contributed by atoms with Gasteiger partial charge in [0, 0.05) is 23.4 Å². The van der Waals surface area contributed by atoms with Gasteiger partial charge in [0.25, 0.3) is 0 Å². The third kappa shape index (κ3) is 3.54. The number of hydrogen-bond donors (Lipinski definition) is 1. The molecule has 3 heterocycles. The van der Waals surface area contributed by atoms with E-state index in [1.165, 1.54) is 6.26 Å². The lowest BCUT2D eigenvalue weighted by Gasteiger charge is -2.09. The van der Waals surface area contributed by atoms with Gasteiger partial charge in [0.05, 0.1) is 40.1 Å². The highest BCUT2D eigenvalue weighted by molar-refractivity contribution is 7.90. The Morgan fingerprint density at radius 2 is 1.82 bits per heavy atom. The zero-order valence-corrected chi connectivity index (χ0v) is 18.9. The molecule has 34 heavy (non-hydrogen) atoms. The molecule has 0 saturated heterocycles. The van der Waals surface area contributed by atoms with Crippen molar-refractivity contribution in [2.45, 2.75) is 11.4 Å². The fourth-order valence-electron chi connectivity index (χ4n) is 4.04. The number of benzene rings is 3. The van der Waals surface area contributed by atoms with E-state index in [0.717, 1.165) is 44.4 Å². The van der Waals surface area contributed by atoms with Gasteiger partial charge in [-0.15, -0.1) is 5.10 Å². The summed E-state index contributed by atoms with van der Waals surface area (Å²) in [7, 11) is -3.23. The van der Waals surface area contributed by atoms with Crippen LogP contribution in [0.1, 0.15) is 5.56 Å². The van der Waals surface area contributed by atoms with Gasteiger partial charge in [-0.3, -0.25) is 9.78 Å². The zero-order valence-electron chi connectivity index (χ0n) is 18.1. The van der Waals surface area contributed by atoms with Gasteiger partial charge in [0.15, 0.2) is 9.84 Å². The number of sulfone groups is 1. The molecule has 1 N–H and O–H groups in total. The molecule has 168 valence electrons. The highest BCUT2D eigenvalue weighted by Gasteiger charge is 2.13. The molecule has 0 atom stereocenters. The molecule has 9 nitrogen and oxygen atoms in total. The van der Waals surface area contributed by atoms with Gasteiger partial charge in [-0.2, -0.15) is 10.2 Å². The van der Waals surface area contributed by atoms with Gasteiger partial charge in [-0.05, 0) is 54.1 Å². The molecular formula is C24H19N7O2S. The Morgan fingerprint density at radius 3 is 2.65 bits per heavy atom. The fourth-order valence-corrected chi connectivity index (χ4v) is 4.67. The zero-order chi connectivity index (χ0) is 23.3. The highest BCUT2D eigenvalue weighted by Crippen LogP contribution is 2.26. The molecule has 0 aliphatic carbocycles. The van der Waals surface area contributed by atoms with Crippen molar-refractivity contribution in [3.05, 3.63) is 84.7 Å². The van der Waals surface area contributed by atoms with E-state index in [2.05, 4.69) is 25.6 Å².